The number of hydrogen-bond acceptors (Lipinski definition) is 8. The van der Waals surface area contributed by atoms with E-state index < -0.39 is 11.9 Å². The molecule has 0 aliphatic carbocycles. The summed E-state index contributed by atoms with van der Waals surface area (Å²) in [6.45, 7) is 22.8. The van der Waals surface area contributed by atoms with Gasteiger partial charge in [0.15, 0.2) is 0 Å². The first kappa shape index (κ1) is 58.9. The van der Waals surface area contributed by atoms with Crippen LogP contribution in [0.25, 0.3) is 88.2 Å². The van der Waals surface area contributed by atoms with Gasteiger partial charge in [-0.2, -0.15) is 13.8 Å². The molecule has 6 aromatic heterocycles. The topological polar surface area (TPSA) is 152 Å². The quantitative estimate of drug-likeness (QED) is 0.129. The summed E-state index contributed by atoms with van der Waals surface area (Å²) >= 11 is 10.4. The van der Waals surface area contributed by atoms with Crippen molar-refractivity contribution in [1.29, 1.82) is 0 Å². The molecule has 10 nitrogen and oxygen atoms in total. The molecule has 0 unspecified atom stereocenters. The molecule has 0 radical (unpaired) electrons. The number of pyridine rings is 4. The Balaban J connectivity index is 0.000000287. The van der Waals surface area contributed by atoms with Gasteiger partial charge in [0.05, 0.1) is 11.4 Å². The third kappa shape index (κ3) is 14.8. The van der Waals surface area contributed by atoms with Gasteiger partial charge in [0, 0.05) is 107 Å². The first-order valence-corrected chi connectivity index (χ1v) is 29.8. The first-order valence-electron chi connectivity index (χ1n) is 22.4. The van der Waals surface area contributed by atoms with Gasteiger partial charge in [-0.15, -0.1) is 0 Å². The number of rotatable bonds is 3. The van der Waals surface area contributed by atoms with E-state index in [1.54, 1.807) is 0 Å². The number of halogens is 2. The predicted octanol–water partition coefficient (Wildman–Crippen LogP) is 16.7. The summed E-state index contributed by atoms with van der Waals surface area (Å²) in [5, 5.41) is 24.2. The molecule has 6 heterocycles. The van der Waals surface area contributed by atoms with Gasteiger partial charge >= 0.3 is 30.0 Å². The number of aliphatic carboxylic acids is 2. The van der Waals surface area contributed by atoms with Crippen molar-refractivity contribution >= 4 is 103 Å². The van der Waals surface area contributed by atoms with E-state index in [9.17, 15) is 0 Å². The molecule has 0 saturated carbocycles. The summed E-state index contributed by atoms with van der Waals surface area (Å²) in [4.78, 5) is 36.5. The van der Waals surface area contributed by atoms with Crippen LogP contribution in [-0.4, -0.2) is 42.1 Å². The van der Waals surface area contributed by atoms with Crippen LogP contribution in [0.2, 0.25) is 5.02 Å². The monoisotopic (exact) mass is 1170 g/mol. The molecule has 364 valence electrons. The summed E-state index contributed by atoms with van der Waals surface area (Å²) in [5.41, 5.74) is 12.4. The molecule has 0 amide bonds. The Morgan fingerprint density at radius 2 is 0.971 bits per heavy atom. The molecule has 0 spiro atoms. The average molecular weight is 1170 g/mol. The number of benzene rings is 4. The van der Waals surface area contributed by atoms with E-state index in [2.05, 4.69) is 117 Å². The van der Waals surface area contributed by atoms with Crippen molar-refractivity contribution in [3.8, 4) is 22.5 Å². The minimum absolute atomic E-state index is 0. The fourth-order valence-corrected chi connectivity index (χ4v) is 7.66. The Labute approximate surface area is 445 Å². The molecule has 0 bridgehead atoms. The van der Waals surface area contributed by atoms with Gasteiger partial charge in [0.1, 0.15) is 11.2 Å². The second-order valence-electron chi connectivity index (χ2n) is 16.1. The molecule has 0 atom stereocenters. The van der Waals surface area contributed by atoms with E-state index >= 15 is 0 Å². The summed E-state index contributed by atoms with van der Waals surface area (Å²) in [6, 6.07) is 33.4. The number of hydrogen-bond donors (Lipinski definition) is 2. The van der Waals surface area contributed by atoms with Crippen molar-refractivity contribution < 1.29 is 65.4 Å². The molecular weight excluding hydrogens is 1110 g/mol. The summed E-state index contributed by atoms with van der Waals surface area (Å²) < 4.78 is 12.4. The predicted molar refractivity (Wildman–Crippen MR) is 285 cm³/mol. The zero-order chi connectivity index (χ0) is 51.1. The van der Waals surface area contributed by atoms with Crippen molar-refractivity contribution in [2.75, 3.05) is 0 Å². The number of nitrogens with zero attached hydrogens (tertiary/aromatic N) is 4. The SMILES string of the molecule is CC.CC(=O)O.CC(=O)O.C[CH-]C.Cc1cc(-c2nccc3cc(C(C)C)ccc23)c2oc3nc(C)ccc3c2c1.Cc1cc(-c2nccc3cc(Cl)ccc23)c2oc3nc(C)ccc3c2c1.[Pd].[Zn+][Br]. The number of carboxylic acids is 2. The van der Waals surface area contributed by atoms with Crippen molar-refractivity contribution in [1.82, 2.24) is 19.9 Å². The number of fused-ring (bicyclic) bond motifs is 8. The van der Waals surface area contributed by atoms with Gasteiger partial charge in [0.25, 0.3) is 11.9 Å². The van der Waals surface area contributed by atoms with Crippen molar-refractivity contribution in [2.24, 2.45) is 0 Å². The Morgan fingerprint density at radius 1 is 0.600 bits per heavy atom. The molecule has 0 aliphatic rings. The molecule has 0 aliphatic heterocycles. The maximum absolute atomic E-state index is 9.00. The van der Waals surface area contributed by atoms with E-state index in [1.165, 1.54) is 32.9 Å². The zero-order valence-electron chi connectivity index (χ0n) is 41.6. The molecule has 10 aromatic rings. The molecule has 0 fully saturated rings. The van der Waals surface area contributed by atoms with E-state index in [0.29, 0.717) is 22.4 Å². The van der Waals surface area contributed by atoms with Gasteiger partial charge in [-0.3, -0.25) is 19.6 Å². The Morgan fingerprint density at radius 3 is 1.37 bits per heavy atom. The van der Waals surface area contributed by atoms with Crippen LogP contribution in [0.1, 0.15) is 89.4 Å². The molecule has 0 saturated heterocycles. The second-order valence-corrected chi connectivity index (χ2v) is 16.6. The van der Waals surface area contributed by atoms with Crippen molar-refractivity contribution in [3.05, 3.63) is 149 Å². The van der Waals surface area contributed by atoms with E-state index in [-0.39, 0.29) is 20.4 Å². The van der Waals surface area contributed by atoms with Crippen molar-refractivity contribution in [3.63, 3.8) is 0 Å². The van der Waals surface area contributed by atoms with Crippen LogP contribution in [0.15, 0.2) is 118 Å². The van der Waals surface area contributed by atoms with Gasteiger partial charge in [-0.05, 0) is 134 Å². The molecule has 2 N–H and O–H groups in total. The molecular formula is C56H58BrClN4O6PdZn. The van der Waals surface area contributed by atoms with Gasteiger partial charge < -0.3 is 25.5 Å². The summed E-state index contributed by atoms with van der Waals surface area (Å²) in [7, 11) is 0. The van der Waals surface area contributed by atoms with E-state index in [4.69, 9.17) is 45.2 Å². The van der Waals surface area contributed by atoms with E-state index in [1.807, 2.05) is 96.8 Å². The Kier molecular flexibility index (Phi) is 23.4. The van der Waals surface area contributed by atoms with Crippen LogP contribution in [0.4, 0.5) is 0 Å². The Hall–Kier alpha value is -5.40. The summed E-state index contributed by atoms with van der Waals surface area (Å²) in [6.07, 6.45) is 5.70. The zero-order valence-corrected chi connectivity index (χ0v) is 48.5. The fraction of sp³-hybridized carbons (Fsp3) is 0.232. The Bertz CT molecular complexity index is 3360. The number of aromatic nitrogens is 4. The standard InChI is InChI=1S/C25H22N2O.C22H15ClN2O.C3H7.2C2H4O2.C2H6.BrH.Pd.Zn/c1-14(2)17-6-8-19-18(13-17)9-10-26-23(19)22-12-15(3)11-21-20-7-5-16(4)27-25(20)28-24(21)22;1-12-9-18-17-5-3-13(2)25-22(17)26-21(18)19(10-12)20-16-6-4-15(23)11-14(16)7-8-24-20;1-3-2;2*1-2(3)4;1-2;;;/h5-14H,1-4H3;3-11H,1-2H3;3H,1-2H3;2*1H3,(H,3,4);1-2H3;1H;;/q;;-1;;;;;;+2/p-1. The van der Waals surface area contributed by atoms with Crippen LogP contribution < -0.4 is 0 Å². The molecule has 10 rings (SSSR count). The average Bonchev–Trinajstić information content (AvgIpc) is 3.86. The maximum atomic E-state index is 9.00. The van der Waals surface area contributed by atoms with Crippen LogP contribution in [0.3, 0.4) is 0 Å². The van der Waals surface area contributed by atoms with Crippen LogP contribution in [0, 0.1) is 34.1 Å². The number of aryl methyl sites for hydroxylation is 4. The first-order chi connectivity index (χ1) is 33.0. The second kappa shape index (κ2) is 27.8. The van der Waals surface area contributed by atoms with Crippen LogP contribution in [-0.2, 0) is 46.4 Å². The molecule has 14 heteroatoms. The minimum atomic E-state index is -0.833. The normalized spacial score (nSPS) is 10.2. The molecule has 4 aromatic carbocycles. The van der Waals surface area contributed by atoms with Crippen molar-refractivity contribution in [2.45, 2.75) is 89.0 Å². The van der Waals surface area contributed by atoms with Gasteiger partial charge in [-0.1, -0.05) is 63.6 Å². The van der Waals surface area contributed by atoms with Crippen LogP contribution in [0.5, 0.6) is 0 Å². The molecule has 70 heavy (non-hydrogen) atoms. The fourth-order valence-electron chi connectivity index (χ4n) is 7.48. The third-order valence-corrected chi connectivity index (χ3v) is 10.4. The van der Waals surface area contributed by atoms with Gasteiger partial charge in [-0.25, -0.2) is 9.97 Å². The number of carbonyl (C=O) groups is 2. The third-order valence-electron chi connectivity index (χ3n) is 10.1. The number of furan rings is 2. The van der Waals surface area contributed by atoms with Crippen LogP contribution >= 0.6 is 25.2 Å². The number of carboxylic acid groups (broad SMARTS) is 2. The summed E-state index contributed by atoms with van der Waals surface area (Å²) in [5.74, 6) is -1.17. The van der Waals surface area contributed by atoms with E-state index in [0.717, 1.165) is 102 Å². The van der Waals surface area contributed by atoms with Gasteiger partial charge in [0.2, 0.25) is 11.4 Å².